The molecule has 0 saturated carbocycles. The molecule has 1 heterocycles. The maximum Gasteiger partial charge on any atom is 0.259 e. The van der Waals surface area contributed by atoms with Crippen LogP contribution < -0.4 is 19.7 Å². The van der Waals surface area contributed by atoms with Crippen LogP contribution in [0.2, 0.25) is 0 Å². The smallest absolute Gasteiger partial charge is 0.259 e. The molecule has 0 spiro atoms. The lowest BCUT2D eigenvalue weighted by Gasteiger charge is -2.34. The van der Waals surface area contributed by atoms with Gasteiger partial charge >= 0.3 is 0 Å². The average molecular weight is 477 g/mol. The second-order valence-corrected chi connectivity index (χ2v) is 9.57. The molecule has 6 nitrogen and oxygen atoms in total. The van der Waals surface area contributed by atoms with Gasteiger partial charge < -0.3 is 14.8 Å². The van der Waals surface area contributed by atoms with E-state index in [1.165, 1.54) is 29.2 Å². The van der Waals surface area contributed by atoms with E-state index in [0.717, 1.165) is 5.56 Å². The zero-order valence-electron chi connectivity index (χ0n) is 20.3. The van der Waals surface area contributed by atoms with Gasteiger partial charge in [-0.25, -0.2) is 4.39 Å². The Morgan fingerprint density at radius 3 is 2.29 bits per heavy atom. The highest BCUT2D eigenvalue weighted by molar-refractivity contribution is 6.10. The van der Waals surface area contributed by atoms with E-state index in [0.29, 0.717) is 41.5 Å². The number of ether oxygens (including phenoxy) is 2. The van der Waals surface area contributed by atoms with Crippen LogP contribution in [0.15, 0.2) is 66.7 Å². The predicted octanol–water partition coefficient (Wildman–Crippen LogP) is 5.21. The fraction of sp³-hybridized carbons (Fsp3) is 0.286. The van der Waals surface area contributed by atoms with E-state index < -0.39 is 23.3 Å². The van der Waals surface area contributed by atoms with Gasteiger partial charge in [-0.2, -0.15) is 0 Å². The predicted molar refractivity (Wildman–Crippen MR) is 132 cm³/mol. The van der Waals surface area contributed by atoms with Crippen LogP contribution in [0.1, 0.15) is 48.3 Å². The second-order valence-electron chi connectivity index (χ2n) is 9.57. The summed E-state index contributed by atoms with van der Waals surface area (Å²) >= 11 is 0. The Morgan fingerprint density at radius 1 is 0.943 bits per heavy atom. The Labute approximate surface area is 204 Å². The summed E-state index contributed by atoms with van der Waals surface area (Å²) in [6.07, 6.45) is 0. The second kappa shape index (κ2) is 9.78. The van der Waals surface area contributed by atoms with Crippen LogP contribution in [-0.2, 0) is 4.79 Å². The van der Waals surface area contributed by atoms with Crippen molar-refractivity contribution in [2.24, 2.45) is 0 Å². The molecule has 7 heteroatoms. The number of rotatable bonds is 5. The maximum atomic E-state index is 14.1. The molecule has 4 rings (SSSR count). The molecule has 2 amide bonds. The van der Waals surface area contributed by atoms with Gasteiger partial charge in [0.1, 0.15) is 25.1 Å². The normalized spacial score (nSPS) is 13.6. The number of amides is 2. The van der Waals surface area contributed by atoms with Crippen molar-refractivity contribution >= 4 is 17.5 Å². The SMILES string of the molecule is Cc1cccc(N(C(=O)c2ccc3c(c2)OCCO3)C(C(=O)NC(C)(C)C)c2ccc(F)cc2)c1. The van der Waals surface area contributed by atoms with Gasteiger partial charge in [-0.05, 0) is 81.3 Å². The number of carbonyl (C=O) groups excluding carboxylic acids is 2. The van der Waals surface area contributed by atoms with Gasteiger partial charge in [0.15, 0.2) is 11.5 Å². The molecule has 1 aliphatic rings. The fourth-order valence-corrected chi connectivity index (χ4v) is 3.98. The Bertz CT molecular complexity index is 1230. The summed E-state index contributed by atoms with van der Waals surface area (Å²) in [4.78, 5) is 29.2. The van der Waals surface area contributed by atoms with E-state index in [4.69, 9.17) is 9.47 Å². The zero-order chi connectivity index (χ0) is 25.2. The van der Waals surface area contributed by atoms with E-state index in [1.807, 2.05) is 45.9 Å². The Morgan fingerprint density at radius 2 is 1.63 bits per heavy atom. The number of benzene rings is 3. The molecular weight excluding hydrogens is 447 g/mol. The van der Waals surface area contributed by atoms with Crippen molar-refractivity contribution in [2.75, 3.05) is 18.1 Å². The van der Waals surface area contributed by atoms with E-state index in [-0.39, 0.29) is 5.91 Å². The number of fused-ring (bicyclic) bond motifs is 1. The number of hydrogen-bond acceptors (Lipinski definition) is 4. The molecule has 0 aliphatic carbocycles. The number of hydrogen-bond donors (Lipinski definition) is 1. The minimum Gasteiger partial charge on any atom is -0.486 e. The summed E-state index contributed by atoms with van der Waals surface area (Å²) in [7, 11) is 0. The van der Waals surface area contributed by atoms with Crippen molar-refractivity contribution in [3.8, 4) is 11.5 Å². The summed E-state index contributed by atoms with van der Waals surface area (Å²) in [6, 6.07) is 16.9. The highest BCUT2D eigenvalue weighted by Crippen LogP contribution is 2.35. The van der Waals surface area contributed by atoms with Gasteiger partial charge in [-0.1, -0.05) is 24.3 Å². The topological polar surface area (TPSA) is 67.9 Å². The van der Waals surface area contributed by atoms with Crippen LogP contribution >= 0.6 is 0 Å². The molecule has 182 valence electrons. The maximum absolute atomic E-state index is 14.1. The standard InChI is InChI=1S/C28H29FN2O4/c1-18-6-5-7-22(16-18)31(27(33)20-10-13-23-24(17-20)35-15-14-34-23)25(26(32)30-28(2,3)4)19-8-11-21(29)12-9-19/h5-13,16-17,25H,14-15H2,1-4H3,(H,30,32). The first kappa shape index (κ1) is 24.3. The first-order chi connectivity index (χ1) is 16.6. The van der Waals surface area contributed by atoms with Crippen molar-refractivity contribution < 1.29 is 23.5 Å². The highest BCUT2D eigenvalue weighted by atomic mass is 19.1. The van der Waals surface area contributed by atoms with Gasteiger partial charge in [0.2, 0.25) is 5.91 Å². The van der Waals surface area contributed by atoms with Gasteiger partial charge in [0, 0.05) is 16.8 Å². The first-order valence-corrected chi connectivity index (χ1v) is 11.5. The van der Waals surface area contributed by atoms with Crippen LogP contribution in [0.25, 0.3) is 0 Å². The monoisotopic (exact) mass is 476 g/mol. The summed E-state index contributed by atoms with van der Waals surface area (Å²) in [6.45, 7) is 8.34. The number of carbonyl (C=O) groups is 2. The van der Waals surface area contributed by atoms with Crippen LogP contribution in [0, 0.1) is 12.7 Å². The van der Waals surface area contributed by atoms with Crippen molar-refractivity contribution in [3.05, 3.63) is 89.2 Å². The lowest BCUT2D eigenvalue weighted by Crippen LogP contribution is -2.49. The van der Waals surface area contributed by atoms with Crippen LogP contribution in [0.3, 0.4) is 0 Å². The zero-order valence-corrected chi connectivity index (χ0v) is 20.3. The van der Waals surface area contributed by atoms with Crippen LogP contribution in [-0.4, -0.2) is 30.6 Å². The summed E-state index contributed by atoms with van der Waals surface area (Å²) in [5, 5.41) is 2.98. The molecule has 0 bridgehead atoms. The molecule has 3 aromatic rings. The third-order valence-electron chi connectivity index (χ3n) is 5.48. The molecule has 1 N–H and O–H groups in total. The molecule has 3 aromatic carbocycles. The quantitative estimate of drug-likeness (QED) is 0.549. The van der Waals surface area contributed by atoms with Crippen molar-refractivity contribution in [3.63, 3.8) is 0 Å². The number of aryl methyl sites for hydroxylation is 1. The number of halogens is 1. The van der Waals surface area contributed by atoms with Crippen molar-refractivity contribution in [1.82, 2.24) is 5.32 Å². The molecule has 1 atom stereocenters. The minimum atomic E-state index is -1.04. The molecule has 1 unspecified atom stereocenters. The summed E-state index contributed by atoms with van der Waals surface area (Å²) in [5.74, 6) is -0.161. The summed E-state index contributed by atoms with van der Waals surface area (Å²) < 4.78 is 25.0. The highest BCUT2D eigenvalue weighted by Gasteiger charge is 2.35. The first-order valence-electron chi connectivity index (χ1n) is 11.5. The average Bonchev–Trinajstić information content (AvgIpc) is 2.81. The van der Waals surface area contributed by atoms with Crippen molar-refractivity contribution in [2.45, 2.75) is 39.3 Å². The Balaban J connectivity index is 1.86. The third-order valence-corrected chi connectivity index (χ3v) is 5.48. The molecular formula is C28H29FN2O4. The molecule has 0 radical (unpaired) electrons. The molecule has 0 fully saturated rings. The number of nitrogens with one attached hydrogen (secondary N) is 1. The Hall–Kier alpha value is -3.87. The largest absolute Gasteiger partial charge is 0.486 e. The van der Waals surface area contributed by atoms with Gasteiger partial charge in [-0.15, -0.1) is 0 Å². The number of anilines is 1. The van der Waals surface area contributed by atoms with Gasteiger partial charge in [0.05, 0.1) is 0 Å². The molecule has 1 aliphatic heterocycles. The third kappa shape index (κ3) is 5.62. The Kier molecular flexibility index (Phi) is 6.78. The number of nitrogens with zero attached hydrogens (tertiary/aromatic N) is 1. The van der Waals surface area contributed by atoms with E-state index >= 15 is 0 Å². The van der Waals surface area contributed by atoms with E-state index in [1.54, 1.807) is 24.3 Å². The van der Waals surface area contributed by atoms with Crippen LogP contribution in [0.5, 0.6) is 11.5 Å². The molecule has 35 heavy (non-hydrogen) atoms. The van der Waals surface area contributed by atoms with Gasteiger partial charge in [0.25, 0.3) is 5.91 Å². The van der Waals surface area contributed by atoms with Gasteiger partial charge in [-0.3, -0.25) is 14.5 Å². The van der Waals surface area contributed by atoms with E-state index in [9.17, 15) is 14.0 Å². The van der Waals surface area contributed by atoms with E-state index in [2.05, 4.69) is 5.32 Å². The van der Waals surface area contributed by atoms with Crippen LogP contribution in [0.4, 0.5) is 10.1 Å². The minimum absolute atomic E-state index is 0.339. The molecule has 0 aromatic heterocycles. The lowest BCUT2D eigenvalue weighted by molar-refractivity contribution is -0.123. The fourth-order valence-electron chi connectivity index (χ4n) is 3.98. The summed E-state index contributed by atoms with van der Waals surface area (Å²) in [5.41, 5.74) is 1.75. The molecule has 0 saturated heterocycles. The van der Waals surface area contributed by atoms with Crippen molar-refractivity contribution in [1.29, 1.82) is 0 Å². The lowest BCUT2D eigenvalue weighted by atomic mass is 9.99.